The molecule has 164 valence electrons. The molecule has 1 fully saturated rings. The molecule has 0 atom stereocenters. The van der Waals surface area contributed by atoms with Crippen LogP contribution in [0.25, 0.3) is 0 Å². The van der Waals surface area contributed by atoms with Crippen molar-refractivity contribution in [2.45, 2.75) is 12.5 Å². The number of hydrogen-bond acceptors (Lipinski definition) is 4. The van der Waals surface area contributed by atoms with Crippen molar-refractivity contribution in [2.24, 2.45) is 0 Å². The van der Waals surface area contributed by atoms with E-state index in [9.17, 15) is 14.4 Å². The zero-order valence-electron chi connectivity index (χ0n) is 18.6. The molecule has 0 saturated carbocycles. The Bertz CT molecular complexity index is 891. The molecule has 0 spiro atoms. The molecule has 31 heavy (non-hydrogen) atoms. The van der Waals surface area contributed by atoms with E-state index < -0.39 is 11.6 Å². The fourth-order valence-corrected chi connectivity index (χ4v) is 3.97. The molecule has 0 N–H and O–H groups in total. The molecule has 2 aromatic rings. The maximum Gasteiger partial charge on any atom is 0.328 e. The summed E-state index contributed by atoms with van der Waals surface area (Å²) in [5, 5.41) is 0. The molecule has 3 rings (SSSR count). The zero-order valence-corrected chi connectivity index (χ0v) is 18.6. The largest absolute Gasteiger partial charge is 0.343 e. The molecule has 0 unspecified atom stereocenters. The van der Waals surface area contributed by atoms with Crippen molar-refractivity contribution in [3.8, 4) is 0 Å². The lowest BCUT2D eigenvalue weighted by Crippen LogP contribution is -2.52. The van der Waals surface area contributed by atoms with Gasteiger partial charge in [0.05, 0.1) is 0 Å². The molecule has 1 aliphatic rings. The lowest BCUT2D eigenvalue weighted by Gasteiger charge is -2.36. The molecular weight excluding hydrogens is 392 g/mol. The van der Waals surface area contributed by atoms with Crippen LogP contribution in [0.3, 0.4) is 0 Å². The van der Waals surface area contributed by atoms with Gasteiger partial charge in [0.25, 0.3) is 5.91 Å². The molecule has 1 aliphatic heterocycles. The van der Waals surface area contributed by atoms with Crippen molar-refractivity contribution in [3.63, 3.8) is 0 Å². The predicted molar refractivity (Wildman–Crippen MR) is 119 cm³/mol. The van der Waals surface area contributed by atoms with Gasteiger partial charge < -0.3 is 9.80 Å². The van der Waals surface area contributed by atoms with Gasteiger partial charge in [-0.05, 0) is 32.1 Å². The van der Waals surface area contributed by atoms with Gasteiger partial charge in [-0.1, -0.05) is 60.7 Å². The van der Waals surface area contributed by atoms with Gasteiger partial charge >= 0.3 is 6.03 Å². The first kappa shape index (κ1) is 22.5. The summed E-state index contributed by atoms with van der Waals surface area (Å²) >= 11 is 0. The Labute approximate surface area is 183 Å². The summed E-state index contributed by atoms with van der Waals surface area (Å²) in [7, 11) is 5.60. The van der Waals surface area contributed by atoms with Crippen LogP contribution in [0.1, 0.15) is 18.1 Å². The minimum Gasteiger partial charge on any atom is -0.343 e. The van der Waals surface area contributed by atoms with Gasteiger partial charge in [-0.3, -0.25) is 19.4 Å². The van der Waals surface area contributed by atoms with Crippen molar-refractivity contribution >= 4 is 17.8 Å². The van der Waals surface area contributed by atoms with E-state index in [0.717, 1.165) is 0 Å². The van der Waals surface area contributed by atoms with Gasteiger partial charge in [-0.25, -0.2) is 4.79 Å². The van der Waals surface area contributed by atoms with Crippen LogP contribution in [0.2, 0.25) is 0 Å². The van der Waals surface area contributed by atoms with Crippen LogP contribution in [0.5, 0.6) is 0 Å². The highest BCUT2D eigenvalue weighted by atomic mass is 16.2. The lowest BCUT2D eigenvalue weighted by atomic mass is 9.81. The summed E-state index contributed by atoms with van der Waals surface area (Å²) in [5.74, 6) is -0.543. The average Bonchev–Trinajstić information content (AvgIpc) is 2.99. The fourth-order valence-electron chi connectivity index (χ4n) is 3.97. The van der Waals surface area contributed by atoms with Crippen molar-refractivity contribution in [1.82, 2.24) is 19.6 Å². The van der Waals surface area contributed by atoms with Gasteiger partial charge in [0.15, 0.2) is 5.54 Å². The first-order valence-electron chi connectivity index (χ1n) is 10.5. The first-order valence-corrected chi connectivity index (χ1v) is 10.5. The number of rotatable bonds is 8. The number of amides is 4. The Morgan fingerprint density at radius 3 is 1.84 bits per heavy atom. The second-order valence-electron chi connectivity index (χ2n) is 7.98. The van der Waals surface area contributed by atoms with E-state index in [0.29, 0.717) is 24.2 Å². The van der Waals surface area contributed by atoms with E-state index in [4.69, 9.17) is 0 Å². The number of hydrogen-bond donors (Lipinski definition) is 0. The highest BCUT2D eigenvalue weighted by Crippen LogP contribution is 2.43. The second-order valence-corrected chi connectivity index (χ2v) is 7.98. The minimum absolute atomic E-state index is 0.186. The summed E-state index contributed by atoms with van der Waals surface area (Å²) in [4.78, 5) is 46.5. The van der Waals surface area contributed by atoms with Crippen molar-refractivity contribution in [1.29, 1.82) is 0 Å². The van der Waals surface area contributed by atoms with Crippen LogP contribution in [0.15, 0.2) is 60.7 Å². The normalized spacial score (nSPS) is 15.6. The number of likely N-dealkylation sites (N-methyl/N-ethyl adjacent to an activating group) is 3. The lowest BCUT2D eigenvalue weighted by molar-refractivity contribution is -0.134. The maximum atomic E-state index is 13.8. The van der Waals surface area contributed by atoms with E-state index in [1.165, 1.54) is 9.80 Å². The van der Waals surface area contributed by atoms with Gasteiger partial charge in [0, 0.05) is 26.7 Å². The van der Waals surface area contributed by atoms with Crippen LogP contribution >= 0.6 is 0 Å². The summed E-state index contributed by atoms with van der Waals surface area (Å²) < 4.78 is 0. The average molecular weight is 423 g/mol. The zero-order chi connectivity index (χ0) is 22.6. The third kappa shape index (κ3) is 4.05. The SMILES string of the molecule is CCN1C(=O)N(CC(=O)N(C)CCN(C)C)C(c2ccccc2)(c2ccccc2)C1=O. The predicted octanol–water partition coefficient (Wildman–Crippen LogP) is 2.23. The molecular formula is C24H30N4O3. The molecule has 1 saturated heterocycles. The van der Waals surface area contributed by atoms with Gasteiger partial charge in [-0.15, -0.1) is 0 Å². The quantitative estimate of drug-likeness (QED) is 0.612. The molecule has 0 aromatic heterocycles. The Kier molecular flexibility index (Phi) is 6.75. The van der Waals surface area contributed by atoms with Gasteiger partial charge in [0.1, 0.15) is 6.54 Å². The Hall–Kier alpha value is -3.19. The van der Waals surface area contributed by atoms with Crippen LogP contribution in [-0.4, -0.2) is 84.8 Å². The van der Waals surface area contributed by atoms with E-state index in [1.807, 2.05) is 79.7 Å². The standard InChI is InChI=1S/C24H30N4O3/c1-5-27-22(30)24(19-12-8-6-9-13-19,20-14-10-7-11-15-20)28(23(27)31)18-21(29)26(4)17-16-25(2)3/h6-15H,5,16-18H2,1-4H3. The number of nitrogens with zero attached hydrogens (tertiary/aromatic N) is 4. The number of urea groups is 1. The summed E-state index contributed by atoms with van der Waals surface area (Å²) in [5.41, 5.74) is -0.0494. The van der Waals surface area contributed by atoms with E-state index in [2.05, 4.69) is 0 Å². The Morgan fingerprint density at radius 2 is 1.39 bits per heavy atom. The van der Waals surface area contributed by atoms with Crippen molar-refractivity contribution < 1.29 is 14.4 Å². The Balaban J connectivity index is 2.10. The smallest absolute Gasteiger partial charge is 0.328 e. The van der Waals surface area contributed by atoms with Crippen LogP contribution in [-0.2, 0) is 15.1 Å². The van der Waals surface area contributed by atoms with Gasteiger partial charge in [-0.2, -0.15) is 0 Å². The fraction of sp³-hybridized carbons (Fsp3) is 0.375. The Morgan fingerprint density at radius 1 is 0.871 bits per heavy atom. The van der Waals surface area contributed by atoms with Crippen molar-refractivity contribution in [3.05, 3.63) is 71.8 Å². The topological polar surface area (TPSA) is 64.2 Å². The molecule has 7 nitrogen and oxygen atoms in total. The third-order valence-electron chi connectivity index (χ3n) is 5.72. The van der Waals surface area contributed by atoms with Crippen molar-refractivity contribution in [2.75, 3.05) is 47.3 Å². The summed E-state index contributed by atoms with van der Waals surface area (Å²) in [6.07, 6.45) is 0. The minimum atomic E-state index is -1.38. The molecule has 0 bridgehead atoms. The third-order valence-corrected chi connectivity index (χ3v) is 5.72. The molecule has 2 aromatic carbocycles. The van der Waals surface area contributed by atoms with E-state index in [1.54, 1.807) is 18.9 Å². The number of benzene rings is 2. The summed E-state index contributed by atoms with van der Waals surface area (Å²) in [6, 6.07) is 18.0. The molecule has 0 aliphatic carbocycles. The van der Waals surface area contributed by atoms with Crippen LogP contribution in [0, 0.1) is 0 Å². The molecule has 4 amide bonds. The molecule has 7 heteroatoms. The highest BCUT2D eigenvalue weighted by molar-refractivity contribution is 6.10. The molecule has 1 heterocycles. The highest BCUT2D eigenvalue weighted by Gasteiger charge is 2.59. The number of imide groups is 1. The van der Waals surface area contributed by atoms with E-state index >= 15 is 0 Å². The monoisotopic (exact) mass is 422 g/mol. The number of carbonyl (C=O) groups excluding carboxylic acids is 3. The summed E-state index contributed by atoms with van der Waals surface area (Å²) in [6.45, 7) is 3.06. The first-order chi connectivity index (χ1) is 14.8. The maximum absolute atomic E-state index is 13.8. The van der Waals surface area contributed by atoms with E-state index in [-0.39, 0.29) is 24.9 Å². The molecule has 0 radical (unpaired) electrons. The van der Waals surface area contributed by atoms with Crippen LogP contribution < -0.4 is 0 Å². The second kappa shape index (κ2) is 9.31. The van der Waals surface area contributed by atoms with Crippen LogP contribution in [0.4, 0.5) is 4.79 Å². The number of carbonyl (C=O) groups is 3. The van der Waals surface area contributed by atoms with Gasteiger partial charge in [0.2, 0.25) is 5.91 Å².